The van der Waals surface area contributed by atoms with Crippen LogP contribution in [0.2, 0.25) is 0 Å². The number of aromatic nitrogens is 1. The summed E-state index contributed by atoms with van der Waals surface area (Å²) in [6.07, 6.45) is -8.11. The van der Waals surface area contributed by atoms with Crippen LogP contribution >= 0.6 is 11.6 Å². The third-order valence-corrected chi connectivity index (χ3v) is 2.02. The standard InChI is InChI=1S/C8H4ClF6N/c9-1-4-5(8(13,14)15)6(10)3(2-16-4)7(11)12/h2,7H,1H2. The molecule has 0 unspecified atom stereocenters. The Morgan fingerprint density at radius 1 is 1.31 bits per heavy atom. The molecule has 1 aromatic heterocycles. The lowest BCUT2D eigenvalue weighted by Gasteiger charge is -2.13. The molecule has 0 saturated carbocycles. The average Bonchev–Trinajstić information content (AvgIpc) is 2.14. The average molecular weight is 264 g/mol. The number of pyridine rings is 1. The van der Waals surface area contributed by atoms with Gasteiger partial charge < -0.3 is 0 Å². The minimum absolute atomic E-state index is 0.354. The van der Waals surface area contributed by atoms with Crippen molar-refractivity contribution in [3.8, 4) is 0 Å². The van der Waals surface area contributed by atoms with Crippen molar-refractivity contribution in [3.63, 3.8) is 0 Å². The first kappa shape index (κ1) is 13.1. The molecule has 0 atom stereocenters. The van der Waals surface area contributed by atoms with E-state index in [1.165, 1.54) is 0 Å². The van der Waals surface area contributed by atoms with E-state index in [2.05, 4.69) is 4.98 Å². The van der Waals surface area contributed by atoms with E-state index in [-0.39, 0.29) is 0 Å². The van der Waals surface area contributed by atoms with Crippen molar-refractivity contribution in [3.05, 3.63) is 28.8 Å². The van der Waals surface area contributed by atoms with Crippen molar-refractivity contribution >= 4 is 11.6 Å². The number of hydrogen-bond acceptors (Lipinski definition) is 1. The zero-order chi connectivity index (χ0) is 12.5. The van der Waals surface area contributed by atoms with Crippen molar-refractivity contribution in [2.45, 2.75) is 18.5 Å². The second kappa shape index (κ2) is 4.48. The lowest BCUT2D eigenvalue weighted by Crippen LogP contribution is -2.15. The van der Waals surface area contributed by atoms with Crippen LogP contribution in [-0.2, 0) is 12.1 Å². The minimum atomic E-state index is -5.10. The van der Waals surface area contributed by atoms with E-state index < -0.39 is 41.1 Å². The van der Waals surface area contributed by atoms with Gasteiger partial charge in [-0.25, -0.2) is 13.2 Å². The van der Waals surface area contributed by atoms with Crippen LogP contribution in [0.4, 0.5) is 26.3 Å². The lowest BCUT2D eigenvalue weighted by molar-refractivity contribution is -0.141. The summed E-state index contributed by atoms with van der Waals surface area (Å²) in [4.78, 5) is 3.07. The highest BCUT2D eigenvalue weighted by atomic mass is 35.5. The normalized spacial score (nSPS) is 12.2. The highest BCUT2D eigenvalue weighted by Crippen LogP contribution is 2.37. The topological polar surface area (TPSA) is 12.9 Å². The smallest absolute Gasteiger partial charge is 0.259 e. The fourth-order valence-electron chi connectivity index (χ4n) is 1.08. The molecule has 1 heterocycles. The molecule has 0 N–H and O–H groups in total. The SMILES string of the molecule is Fc1c(C(F)F)cnc(CCl)c1C(F)(F)F. The Morgan fingerprint density at radius 2 is 1.88 bits per heavy atom. The van der Waals surface area contributed by atoms with Crippen molar-refractivity contribution in [1.82, 2.24) is 4.98 Å². The Labute approximate surface area is 91.0 Å². The van der Waals surface area contributed by atoms with Crippen LogP contribution in [0.15, 0.2) is 6.20 Å². The van der Waals surface area contributed by atoms with E-state index in [4.69, 9.17) is 11.6 Å². The molecule has 0 saturated heterocycles. The molecule has 90 valence electrons. The van der Waals surface area contributed by atoms with Crippen molar-refractivity contribution in [2.75, 3.05) is 0 Å². The van der Waals surface area contributed by atoms with Gasteiger partial charge in [-0.05, 0) is 0 Å². The van der Waals surface area contributed by atoms with Gasteiger partial charge in [-0.15, -0.1) is 11.6 Å². The predicted molar refractivity (Wildman–Crippen MR) is 43.7 cm³/mol. The van der Waals surface area contributed by atoms with Crippen LogP contribution in [0.25, 0.3) is 0 Å². The maximum Gasteiger partial charge on any atom is 0.421 e. The van der Waals surface area contributed by atoms with E-state index in [0.717, 1.165) is 0 Å². The Kier molecular flexibility index (Phi) is 3.67. The summed E-state index contributed by atoms with van der Waals surface area (Å²) in [6.45, 7) is 0. The van der Waals surface area contributed by atoms with Gasteiger partial charge in [0.2, 0.25) is 0 Å². The quantitative estimate of drug-likeness (QED) is 0.582. The van der Waals surface area contributed by atoms with Gasteiger partial charge in [-0.2, -0.15) is 13.2 Å². The number of halogens is 7. The van der Waals surface area contributed by atoms with Crippen LogP contribution in [0.5, 0.6) is 0 Å². The maximum absolute atomic E-state index is 13.2. The summed E-state index contributed by atoms with van der Waals surface area (Å²) in [6, 6.07) is 0. The molecule has 0 aliphatic rings. The first-order valence-electron chi connectivity index (χ1n) is 3.87. The Hall–Kier alpha value is -0.980. The Bertz CT molecular complexity index is 389. The molecule has 16 heavy (non-hydrogen) atoms. The van der Waals surface area contributed by atoms with E-state index in [9.17, 15) is 26.3 Å². The first-order valence-corrected chi connectivity index (χ1v) is 4.41. The van der Waals surface area contributed by atoms with Gasteiger partial charge in [-0.3, -0.25) is 4.98 Å². The van der Waals surface area contributed by atoms with Crippen LogP contribution in [-0.4, -0.2) is 4.98 Å². The third-order valence-electron chi connectivity index (χ3n) is 1.77. The molecule has 0 aliphatic heterocycles. The van der Waals surface area contributed by atoms with Crippen molar-refractivity contribution in [2.24, 2.45) is 0 Å². The summed E-state index contributed by atoms with van der Waals surface area (Å²) >= 11 is 5.13. The number of nitrogens with zero attached hydrogens (tertiary/aromatic N) is 1. The van der Waals surface area contributed by atoms with E-state index in [1.807, 2.05) is 0 Å². The molecule has 0 bridgehead atoms. The minimum Gasteiger partial charge on any atom is -0.259 e. The molecule has 0 fully saturated rings. The van der Waals surface area contributed by atoms with E-state index in [1.54, 1.807) is 0 Å². The van der Waals surface area contributed by atoms with Gasteiger partial charge in [0.25, 0.3) is 6.43 Å². The molecule has 1 nitrogen and oxygen atoms in total. The number of hydrogen-bond donors (Lipinski definition) is 0. The fourth-order valence-corrected chi connectivity index (χ4v) is 1.28. The van der Waals surface area contributed by atoms with Crippen LogP contribution < -0.4 is 0 Å². The summed E-state index contributed by atoms with van der Waals surface area (Å²) in [5.74, 6) is -2.73. The first-order chi connectivity index (χ1) is 7.29. The summed E-state index contributed by atoms with van der Waals surface area (Å²) in [5, 5.41) is 0. The lowest BCUT2D eigenvalue weighted by atomic mass is 10.1. The predicted octanol–water partition coefficient (Wildman–Crippen LogP) is 3.92. The molecular formula is C8H4ClF6N. The molecule has 0 radical (unpaired) electrons. The highest BCUT2D eigenvalue weighted by molar-refractivity contribution is 6.17. The maximum atomic E-state index is 13.2. The summed E-state index contributed by atoms with van der Waals surface area (Å²) < 4.78 is 74.5. The molecule has 0 amide bonds. The Balaban J connectivity index is 3.47. The fraction of sp³-hybridized carbons (Fsp3) is 0.375. The van der Waals surface area contributed by atoms with Gasteiger partial charge in [-0.1, -0.05) is 0 Å². The number of rotatable bonds is 2. The summed E-state index contributed by atoms with van der Waals surface area (Å²) in [7, 11) is 0. The molecule has 0 aliphatic carbocycles. The van der Waals surface area contributed by atoms with Crippen molar-refractivity contribution in [1.29, 1.82) is 0 Å². The monoisotopic (exact) mass is 263 g/mol. The van der Waals surface area contributed by atoms with Gasteiger partial charge in [0.05, 0.1) is 17.1 Å². The zero-order valence-electron chi connectivity index (χ0n) is 7.45. The summed E-state index contributed by atoms with van der Waals surface area (Å²) in [5.41, 5.74) is -4.03. The van der Waals surface area contributed by atoms with E-state index in [0.29, 0.717) is 6.20 Å². The largest absolute Gasteiger partial charge is 0.421 e. The zero-order valence-corrected chi connectivity index (χ0v) is 8.21. The second-order valence-corrected chi connectivity index (χ2v) is 3.05. The molecule has 1 rings (SSSR count). The van der Waals surface area contributed by atoms with Gasteiger partial charge in [0, 0.05) is 6.20 Å². The van der Waals surface area contributed by atoms with Gasteiger partial charge in [0.15, 0.2) is 0 Å². The third kappa shape index (κ3) is 2.40. The molecule has 0 spiro atoms. The molecule has 0 aromatic carbocycles. The van der Waals surface area contributed by atoms with Crippen LogP contribution in [0.3, 0.4) is 0 Å². The van der Waals surface area contributed by atoms with Gasteiger partial charge in [0.1, 0.15) is 11.4 Å². The second-order valence-electron chi connectivity index (χ2n) is 2.78. The van der Waals surface area contributed by atoms with Crippen LogP contribution in [0.1, 0.15) is 23.2 Å². The van der Waals surface area contributed by atoms with E-state index >= 15 is 0 Å². The molecule has 1 aromatic rings. The molecule has 8 heteroatoms. The van der Waals surface area contributed by atoms with Crippen molar-refractivity contribution < 1.29 is 26.3 Å². The highest BCUT2D eigenvalue weighted by Gasteiger charge is 2.39. The molecular weight excluding hydrogens is 260 g/mol. The number of alkyl halides is 6. The van der Waals surface area contributed by atoms with Crippen LogP contribution in [0, 0.1) is 5.82 Å². The Morgan fingerprint density at radius 3 is 2.25 bits per heavy atom. The van der Waals surface area contributed by atoms with Gasteiger partial charge >= 0.3 is 6.18 Å².